The monoisotopic (exact) mass is 308 g/mol. The molecule has 0 fully saturated rings. The average Bonchev–Trinajstić information content (AvgIpc) is 2.24. The lowest BCUT2D eigenvalue weighted by atomic mass is 10.4. The SMILES string of the molecule is CC(C)[Si](C#C[C@H](O)C#C[Si](C)(C)C)(C(C)C)C(C)C. The van der Waals surface area contributed by atoms with E-state index in [0.717, 1.165) is 0 Å². The molecule has 0 spiro atoms. The molecule has 0 aromatic rings. The van der Waals surface area contributed by atoms with Gasteiger partial charge < -0.3 is 5.11 Å². The van der Waals surface area contributed by atoms with Crippen LogP contribution in [0.4, 0.5) is 0 Å². The summed E-state index contributed by atoms with van der Waals surface area (Å²) >= 11 is 0. The number of hydrogen-bond donors (Lipinski definition) is 1. The van der Waals surface area contributed by atoms with Crippen LogP contribution in [0.3, 0.4) is 0 Å². The summed E-state index contributed by atoms with van der Waals surface area (Å²) in [6.45, 7) is 20.2. The first-order valence-electron chi connectivity index (χ1n) is 7.67. The Kier molecular flexibility index (Phi) is 7.32. The summed E-state index contributed by atoms with van der Waals surface area (Å²) in [6, 6.07) is 0. The third-order valence-electron chi connectivity index (χ3n) is 3.88. The molecule has 0 bridgehead atoms. The molecular formula is C17H32OSi2. The first kappa shape index (κ1) is 19.5. The van der Waals surface area contributed by atoms with Crippen molar-refractivity contribution in [1.82, 2.24) is 0 Å². The molecule has 0 aromatic heterocycles. The van der Waals surface area contributed by atoms with Crippen molar-refractivity contribution in [3.05, 3.63) is 0 Å². The van der Waals surface area contributed by atoms with Crippen LogP contribution in [0.1, 0.15) is 41.5 Å². The first-order chi connectivity index (χ1) is 8.93. The van der Waals surface area contributed by atoms with E-state index in [0.29, 0.717) is 16.6 Å². The summed E-state index contributed by atoms with van der Waals surface area (Å²) in [6.07, 6.45) is -0.787. The van der Waals surface area contributed by atoms with Crippen molar-refractivity contribution >= 4 is 16.1 Å². The maximum atomic E-state index is 10.0. The van der Waals surface area contributed by atoms with Crippen LogP contribution in [0, 0.1) is 22.9 Å². The Hall–Kier alpha value is -0.486. The molecule has 0 saturated heterocycles. The topological polar surface area (TPSA) is 20.2 Å². The fourth-order valence-corrected chi connectivity index (χ4v) is 8.77. The molecular weight excluding hydrogens is 276 g/mol. The van der Waals surface area contributed by atoms with Crippen molar-refractivity contribution in [2.75, 3.05) is 0 Å². The normalized spacial score (nSPS) is 13.8. The molecule has 0 amide bonds. The summed E-state index contributed by atoms with van der Waals surface area (Å²) in [5, 5.41) is 10.0. The summed E-state index contributed by atoms with van der Waals surface area (Å²) in [7, 11) is -3.18. The van der Waals surface area contributed by atoms with Crippen LogP contribution in [0.15, 0.2) is 0 Å². The third kappa shape index (κ3) is 5.48. The standard InChI is InChI=1S/C17H32OSi2/c1-14(2)20(15(3)4,16(5)6)13-11-17(18)10-12-19(7,8)9/h14-18H,1-9H3/t17-/m1/s1. The maximum Gasteiger partial charge on any atom is 0.175 e. The van der Waals surface area contributed by atoms with Crippen molar-refractivity contribution in [2.24, 2.45) is 0 Å². The van der Waals surface area contributed by atoms with Gasteiger partial charge in [0.1, 0.15) is 16.1 Å². The lowest BCUT2D eigenvalue weighted by Gasteiger charge is -2.38. The molecule has 0 aromatic carbocycles. The second-order valence-corrected chi connectivity index (χ2v) is 17.9. The van der Waals surface area contributed by atoms with E-state index in [-0.39, 0.29) is 0 Å². The van der Waals surface area contributed by atoms with Gasteiger partial charge in [-0.1, -0.05) is 73.0 Å². The maximum absolute atomic E-state index is 10.0. The van der Waals surface area contributed by atoms with Gasteiger partial charge in [0, 0.05) is 0 Å². The summed E-state index contributed by atoms with van der Waals surface area (Å²) in [5.74, 6) is 5.98. The fourth-order valence-electron chi connectivity index (χ4n) is 2.95. The van der Waals surface area contributed by atoms with Gasteiger partial charge >= 0.3 is 0 Å². The van der Waals surface area contributed by atoms with Gasteiger partial charge in [0.05, 0.1) is 0 Å². The van der Waals surface area contributed by atoms with Crippen molar-refractivity contribution < 1.29 is 5.11 Å². The number of hydrogen-bond acceptors (Lipinski definition) is 1. The minimum atomic E-state index is -1.74. The van der Waals surface area contributed by atoms with E-state index in [2.05, 4.69) is 84.1 Å². The predicted molar refractivity (Wildman–Crippen MR) is 96.0 cm³/mol. The Bertz CT molecular complexity index is 400. The molecule has 0 rings (SSSR count). The molecule has 114 valence electrons. The molecule has 20 heavy (non-hydrogen) atoms. The van der Waals surface area contributed by atoms with Crippen LogP contribution >= 0.6 is 0 Å². The lowest BCUT2D eigenvalue weighted by Crippen LogP contribution is -2.43. The van der Waals surface area contributed by atoms with E-state index in [1.807, 2.05) is 0 Å². The summed E-state index contributed by atoms with van der Waals surface area (Å²) in [5.41, 5.74) is 8.49. The van der Waals surface area contributed by atoms with Crippen LogP contribution in [0.25, 0.3) is 0 Å². The van der Waals surface area contributed by atoms with Crippen LogP contribution < -0.4 is 0 Å². The molecule has 1 atom stereocenters. The highest BCUT2D eigenvalue weighted by Gasteiger charge is 2.41. The lowest BCUT2D eigenvalue weighted by molar-refractivity contribution is 0.290. The quantitative estimate of drug-likeness (QED) is 0.603. The molecule has 0 aliphatic carbocycles. The van der Waals surface area contributed by atoms with Gasteiger partial charge in [0.2, 0.25) is 0 Å². The molecule has 3 heteroatoms. The highest BCUT2D eigenvalue weighted by atomic mass is 28.3. The van der Waals surface area contributed by atoms with Gasteiger partial charge in [-0.25, -0.2) is 0 Å². The van der Waals surface area contributed by atoms with Gasteiger partial charge in [0.15, 0.2) is 6.10 Å². The van der Waals surface area contributed by atoms with Crippen molar-refractivity contribution in [3.63, 3.8) is 0 Å². The second-order valence-electron chi connectivity index (χ2n) is 7.59. The van der Waals surface area contributed by atoms with Crippen LogP contribution in [-0.2, 0) is 0 Å². The molecule has 0 heterocycles. The smallest absolute Gasteiger partial charge is 0.175 e. The highest BCUT2D eigenvalue weighted by molar-refractivity contribution is 6.90. The van der Waals surface area contributed by atoms with E-state index in [1.54, 1.807) is 0 Å². The molecule has 0 radical (unpaired) electrons. The van der Waals surface area contributed by atoms with Crippen molar-refractivity contribution in [2.45, 2.75) is 83.9 Å². The molecule has 0 saturated carbocycles. The van der Waals surface area contributed by atoms with Crippen LogP contribution in [0.5, 0.6) is 0 Å². The summed E-state index contributed by atoms with van der Waals surface area (Å²) in [4.78, 5) is 0. The van der Waals surface area contributed by atoms with Gasteiger partial charge in [-0.2, -0.15) is 0 Å². The molecule has 0 aliphatic rings. The van der Waals surface area contributed by atoms with Crippen LogP contribution in [-0.4, -0.2) is 27.4 Å². The first-order valence-corrected chi connectivity index (χ1v) is 13.4. The van der Waals surface area contributed by atoms with Gasteiger partial charge in [-0.3, -0.25) is 0 Å². The van der Waals surface area contributed by atoms with Crippen LogP contribution in [0.2, 0.25) is 36.3 Å². The predicted octanol–water partition coefficient (Wildman–Crippen LogP) is 4.45. The Morgan fingerprint density at radius 3 is 1.35 bits per heavy atom. The van der Waals surface area contributed by atoms with E-state index in [1.165, 1.54) is 0 Å². The second kappa shape index (κ2) is 7.50. The zero-order chi connectivity index (χ0) is 16.1. The zero-order valence-corrected chi connectivity index (χ0v) is 16.8. The van der Waals surface area contributed by atoms with E-state index in [4.69, 9.17) is 0 Å². The Balaban J connectivity index is 5.40. The Morgan fingerprint density at radius 1 is 0.700 bits per heavy atom. The molecule has 1 N–H and O–H groups in total. The van der Waals surface area contributed by atoms with Crippen molar-refractivity contribution in [1.29, 1.82) is 0 Å². The van der Waals surface area contributed by atoms with Gasteiger partial charge in [-0.15, -0.1) is 11.1 Å². The summed E-state index contributed by atoms with van der Waals surface area (Å²) < 4.78 is 0. The van der Waals surface area contributed by atoms with E-state index in [9.17, 15) is 5.11 Å². The number of rotatable bonds is 3. The zero-order valence-electron chi connectivity index (χ0n) is 14.8. The molecule has 0 unspecified atom stereocenters. The number of aliphatic hydroxyl groups is 1. The van der Waals surface area contributed by atoms with E-state index >= 15 is 0 Å². The fraction of sp³-hybridized carbons (Fsp3) is 0.765. The Morgan fingerprint density at radius 2 is 1.05 bits per heavy atom. The van der Waals surface area contributed by atoms with E-state index < -0.39 is 22.3 Å². The average molecular weight is 309 g/mol. The minimum absolute atomic E-state index is 0.590. The highest BCUT2D eigenvalue weighted by Crippen LogP contribution is 2.40. The molecule has 1 nitrogen and oxygen atoms in total. The Labute approximate surface area is 128 Å². The van der Waals surface area contributed by atoms with Gasteiger partial charge in [0.25, 0.3) is 0 Å². The van der Waals surface area contributed by atoms with Crippen molar-refractivity contribution in [3.8, 4) is 22.9 Å². The third-order valence-corrected chi connectivity index (χ3v) is 11.1. The molecule has 0 aliphatic heterocycles. The minimum Gasteiger partial charge on any atom is -0.369 e. The van der Waals surface area contributed by atoms with Gasteiger partial charge in [-0.05, 0) is 16.6 Å². The largest absolute Gasteiger partial charge is 0.369 e. The number of aliphatic hydroxyl groups excluding tert-OH is 1.